The number of carbonyl (C=O) groups is 1. The quantitative estimate of drug-likeness (QED) is 0.834. The number of nitrogens with zero attached hydrogens (tertiary/aromatic N) is 3. The second-order valence-electron chi connectivity index (χ2n) is 7.94. The van der Waals surface area contributed by atoms with Crippen LogP contribution in [0.15, 0.2) is 30.5 Å². The van der Waals surface area contributed by atoms with Gasteiger partial charge < -0.3 is 16.0 Å². The lowest BCUT2D eigenvalue weighted by molar-refractivity contribution is 0.1000. The molecular weight excluding hydrogens is 350 g/mol. The minimum Gasteiger partial charge on any atom is -0.366 e. The topological polar surface area (TPSA) is 84.1 Å². The van der Waals surface area contributed by atoms with Crippen LogP contribution in [0.2, 0.25) is 0 Å². The number of carbonyl (C=O) groups excluding carboxylic acids is 1. The second kappa shape index (κ2) is 8.69. The first-order valence-corrected chi connectivity index (χ1v) is 10.4. The SMILES string of the molecule is NC(=O)c1cc(-c2ccnc(CC3CCCCC3)c2)nc(N2CCNCC2)c1. The third-order valence-corrected chi connectivity index (χ3v) is 5.87. The van der Waals surface area contributed by atoms with Crippen LogP contribution in [0, 0.1) is 5.92 Å². The molecule has 3 heterocycles. The summed E-state index contributed by atoms with van der Waals surface area (Å²) in [6, 6.07) is 7.71. The molecule has 2 fully saturated rings. The van der Waals surface area contributed by atoms with E-state index in [1.807, 2.05) is 12.3 Å². The van der Waals surface area contributed by atoms with Crippen LogP contribution in [0.3, 0.4) is 0 Å². The summed E-state index contributed by atoms with van der Waals surface area (Å²) in [6.07, 6.45) is 9.51. The van der Waals surface area contributed by atoms with Crippen molar-refractivity contribution in [1.29, 1.82) is 0 Å². The largest absolute Gasteiger partial charge is 0.366 e. The molecule has 0 spiro atoms. The Balaban J connectivity index is 1.62. The summed E-state index contributed by atoms with van der Waals surface area (Å²) in [4.78, 5) is 23.6. The average molecular weight is 380 g/mol. The molecule has 0 bridgehead atoms. The van der Waals surface area contributed by atoms with Crippen LogP contribution in [0.25, 0.3) is 11.3 Å². The minimum atomic E-state index is -0.420. The van der Waals surface area contributed by atoms with Gasteiger partial charge in [0, 0.05) is 49.2 Å². The van der Waals surface area contributed by atoms with Crippen molar-refractivity contribution in [2.24, 2.45) is 11.7 Å². The van der Waals surface area contributed by atoms with E-state index in [-0.39, 0.29) is 0 Å². The summed E-state index contributed by atoms with van der Waals surface area (Å²) in [7, 11) is 0. The van der Waals surface area contributed by atoms with Crippen molar-refractivity contribution < 1.29 is 4.79 Å². The molecule has 2 aromatic heterocycles. The molecule has 1 saturated heterocycles. The van der Waals surface area contributed by atoms with Gasteiger partial charge in [-0.2, -0.15) is 0 Å². The van der Waals surface area contributed by atoms with Gasteiger partial charge in [0.2, 0.25) is 5.91 Å². The molecule has 4 rings (SSSR count). The molecule has 1 aliphatic heterocycles. The maximum Gasteiger partial charge on any atom is 0.248 e. The van der Waals surface area contributed by atoms with Gasteiger partial charge in [0.25, 0.3) is 0 Å². The monoisotopic (exact) mass is 379 g/mol. The first-order valence-electron chi connectivity index (χ1n) is 10.4. The van der Waals surface area contributed by atoms with E-state index in [0.717, 1.165) is 61.3 Å². The van der Waals surface area contributed by atoms with Gasteiger partial charge in [0.1, 0.15) is 5.82 Å². The van der Waals surface area contributed by atoms with Crippen LogP contribution in [0.5, 0.6) is 0 Å². The standard InChI is InChI=1S/C22H29N5O/c23-22(28)18-14-20(26-21(15-18)27-10-8-24-9-11-27)17-6-7-25-19(13-17)12-16-4-2-1-3-5-16/h6-7,13-16,24H,1-5,8-12H2,(H2,23,28). The number of aromatic nitrogens is 2. The van der Waals surface area contributed by atoms with E-state index in [9.17, 15) is 4.79 Å². The molecule has 0 unspecified atom stereocenters. The van der Waals surface area contributed by atoms with Gasteiger partial charge in [0.05, 0.1) is 5.69 Å². The van der Waals surface area contributed by atoms with Crippen molar-refractivity contribution in [3.8, 4) is 11.3 Å². The molecule has 0 aromatic carbocycles. The number of amides is 1. The normalized spacial score (nSPS) is 18.2. The van der Waals surface area contributed by atoms with Gasteiger partial charge in [0.15, 0.2) is 0 Å². The van der Waals surface area contributed by atoms with Crippen molar-refractivity contribution in [2.75, 3.05) is 31.1 Å². The number of hydrogen-bond donors (Lipinski definition) is 2. The Labute approximate surface area is 166 Å². The summed E-state index contributed by atoms with van der Waals surface area (Å²) >= 11 is 0. The smallest absolute Gasteiger partial charge is 0.248 e. The predicted molar refractivity (Wildman–Crippen MR) is 111 cm³/mol. The van der Waals surface area contributed by atoms with Crippen LogP contribution in [0.4, 0.5) is 5.82 Å². The van der Waals surface area contributed by atoms with Crippen LogP contribution in [-0.4, -0.2) is 42.1 Å². The summed E-state index contributed by atoms with van der Waals surface area (Å²) in [5.74, 6) is 1.13. The third-order valence-electron chi connectivity index (χ3n) is 5.87. The van der Waals surface area contributed by atoms with Crippen LogP contribution in [0.1, 0.15) is 48.2 Å². The molecule has 1 saturated carbocycles. The highest BCUT2D eigenvalue weighted by Gasteiger charge is 2.18. The number of nitrogens with two attached hydrogens (primary N) is 1. The Bertz CT molecular complexity index is 825. The van der Waals surface area contributed by atoms with E-state index >= 15 is 0 Å². The van der Waals surface area contributed by atoms with Crippen LogP contribution >= 0.6 is 0 Å². The summed E-state index contributed by atoms with van der Waals surface area (Å²) in [6.45, 7) is 3.58. The van der Waals surface area contributed by atoms with Crippen molar-refractivity contribution in [3.05, 3.63) is 41.7 Å². The fraction of sp³-hybridized carbons (Fsp3) is 0.500. The molecular formula is C22H29N5O. The summed E-state index contributed by atoms with van der Waals surface area (Å²) < 4.78 is 0. The molecule has 28 heavy (non-hydrogen) atoms. The maximum absolute atomic E-state index is 11.9. The highest BCUT2D eigenvalue weighted by molar-refractivity contribution is 5.94. The number of anilines is 1. The summed E-state index contributed by atoms with van der Waals surface area (Å²) in [5.41, 5.74) is 9.01. The molecule has 6 nitrogen and oxygen atoms in total. The molecule has 1 amide bonds. The molecule has 0 radical (unpaired) electrons. The zero-order valence-corrected chi connectivity index (χ0v) is 16.4. The number of piperazine rings is 1. The molecule has 2 aliphatic rings. The van der Waals surface area contributed by atoms with Crippen molar-refractivity contribution in [3.63, 3.8) is 0 Å². The number of primary amides is 1. The van der Waals surface area contributed by atoms with Crippen LogP contribution < -0.4 is 16.0 Å². The number of rotatable bonds is 5. The number of hydrogen-bond acceptors (Lipinski definition) is 5. The maximum atomic E-state index is 11.9. The molecule has 0 atom stereocenters. The van der Waals surface area contributed by atoms with Gasteiger partial charge in [-0.1, -0.05) is 32.1 Å². The Kier molecular flexibility index (Phi) is 5.86. The fourth-order valence-corrected chi connectivity index (χ4v) is 4.30. The fourth-order valence-electron chi connectivity index (χ4n) is 4.30. The van der Waals surface area contributed by atoms with E-state index < -0.39 is 5.91 Å². The lowest BCUT2D eigenvalue weighted by atomic mass is 9.86. The second-order valence-corrected chi connectivity index (χ2v) is 7.94. The Morgan fingerprint density at radius 2 is 1.93 bits per heavy atom. The van der Waals surface area contributed by atoms with E-state index in [4.69, 9.17) is 10.7 Å². The zero-order chi connectivity index (χ0) is 19.3. The molecule has 1 aliphatic carbocycles. The zero-order valence-electron chi connectivity index (χ0n) is 16.4. The number of nitrogens with one attached hydrogen (secondary N) is 1. The van der Waals surface area contributed by atoms with Gasteiger partial charge in [-0.3, -0.25) is 9.78 Å². The van der Waals surface area contributed by atoms with Gasteiger partial charge in [-0.05, 0) is 36.6 Å². The van der Waals surface area contributed by atoms with Gasteiger partial charge in [-0.25, -0.2) is 4.98 Å². The van der Waals surface area contributed by atoms with E-state index in [0.29, 0.717) is 5.56 Å². The molecule has 3 N–H and O–H groups in total. The first-order chi connectivity index (χ1) is 13.7. The van der Waals surface area contributed by atoms with Crippen molar-refractivity contribution in [1.82, 2.24) is 15.3 Å². The average Bonchev–Trinajstić information content (AvgIpc) is 2.75. The first kappa shape index (κ1) is 18.9. The Hall–Kier alpha value is -2.47. The third kappa shape index (κ3) is 4.50. The van der Waals surface area contributed by atoms with Crippen molar-refractivity contribution >= 4 is 11.7 Å². The lowest BCUT2D eigenvalue weighted by Gasteiger charge is -2.29. The van der Waals surface area contributed by atoms with Crippen molar-refractivity contribution in [2.45, 2.75) is 38.5 Å². The molecule has 2 aromatic rings. The Morgan fingerprint density at radius 3 is 2.68 bits per heavy atom. The number of pyridine rings is 2. The molecule has 6 heteroatoms. The van der Waals surface area contributed by atoms with Gasteiger partial charge >= 0.3 is 0 Å². The highest BCUT2D eigenvalue weighted by Crippen LogP contribution is 2.28. The summed E-state index contributed by atoms with van der Waals surface area (Å²) in [5, 5.41) is 3.34. The highest BCUT2D eigenvalue weighted by atomic mass is 16.1. The predicted octanol–water partition coefficient (Wildman–Crippen LogP) is 2.77. The van der Waals surface area contributed by atoms with E-state index in [1.165, 1.54) is 32.1 Å². The lowest BCUT2D eigenvalue weighted by Crippen LogP contribution is -2.44. The minimum absolute atomic E-state index is 0.420. The van der Waals surface area contributed by atoms with E-state index in [2.05, 4.69) is 21.3 Å². The van der Waals surface area contributed by atoms with Gasteiger partial charge in [-0.15, -0.1) is 0 Å². The van der Waals surface area contributed by atoms with E-state index in [1.54, 1.807) is 12.1 Å². The van der Waals surface area contributed by atoms with Crippen LogP contribution in [-0.2, 0) is 6.42 Å². The Morgan fingerprint density at radius 1 is 1.14 bits per heavy atom. The molecule has 148 valence electrons.